The summed E-state index contributed by atoms with van der Waals surface area (Å²) in [5.41, 5.74) is 2.84. The Morgan fingerprint density at radius 2 is 1.94 bits per heavy atom. The van der Waals surface area contributed by atoms with E-state index >= 15 is 0 Å². The van der Waals surface area contributed by atoms with E-state index in [0.29, 0.717) is 38.7 Å². The van der Waals surface area contributed by atoms with Crippen molar-refractivity contribution in [3.8, 4) is 5.75 Å². The Balaban J connectivity index is 1.50. The molecule has 1 fully saturated rings. The van der Waals surface area contributed by atoms with Gasteiger partial charge in [-0.3, -0.25) is 14.7 Å². The van der Waals surface area contributed by atoms with Crippen molar-refractivity contribution in [3.05, 3.63) is 71.9 Å². The molecule has 1 aliphatic heterocycles. The zero-order valence-electron chi connectivity index (χ0n) is 18.8. The third-order valence-electron chi connectivity index (χ3n) is 5.79. The summed E-state index contributed by atoms with van der Waals surface area (Å²) in [5, 5.41) is 11.2. The molecule has 1 atom stereocenters. The minimum absolute atomic E-state index is 0.00798. The molecule has 6 heteroatoms. The highest BCUT2D eigenvalue weighted by molar-refractivity contribution is 5.84. The van der Waals surface area contributed by atoms with Crippen molar-refractivity contribution in [2.24, 2.45) is 5.92 Å². The maximum Gasteiger partial charge on any atom is 0.253 e. The Labute approximate surface area is 189 Å². The lowest BCUT2D eigenvalue weighted by Gasteiger charge is -2.35. The van der Waals surface area contributed by atoms with Crippen LogP contribution in [-0.2, 0) is 22.6 Å². The van der Waals surface area contributed by atoms with Gasteiger partial charge in [0.05, 0.1) is 12.1 Å². The van der Waals surface area contributed by atoms with Crippen LogP contribution in [0.1, 0.15) is 25.0 Å². The number of fused-ring (bicyclic) bond motifs is 1. The maximum absolute atomic E-state index is 13.5. The molecule has 0 spiro atoms. The van der Waals surface area contributed by atoms with Crippen molar-refractivity contribution in [1.29, 1.82) is 0 Å². The van der Waals surface area contributed by atoms with Crippen LogP contribution in [0.25, 0.3) is 10.9 Å². The van der Waals surface area contributed by atoms with Gasteiger partial charge in [-0.05, 0) is 23.6 Å². The quantitative estimate of drug-likeness (QED) is 0.614. The molecule has 1 aromatic heterocycles. The van der Waals surface area contributed by atoms with E-state index in [9.17, 15) is 9.90 Å². The lowest BCUT2D eigenvalue weighted by atomic mass is 10.1. The monoisotopic (exact) mass is 433 g/mol. The molecule has 0 bridgehead atoms. The first-order valence-electron chi connectivity index (χ1n) is 11.2. The van der Waals surface area contributed by atoms with Gasteiger partial charge in [-0.15, -0.1) is 0 Å². The van der Waals surface area contributed by atoms with Crippen molar-refractivity contribution < 1.29 is 14.6 Å². The highest BCUT2D eigenvalue weighted by Gasteiger charge is 2.31. The van der Waals surface area contributed by atoms with Crippen molar-refractivity contribution in [2.75, 3.05) is 26.2 Å². The van der Waals surface area contributed by atoms with Gasteiger partial charge in [-0.2, -0.15) is 0 Å². The SMILES string of the molecule is CC(C)CN(Cc1cccc2cccnc12)C(=O)[C@H]1CN(Cc2ccccc2O)CCO1. The fraction of sp³-hybridized carbons (Fsp3) is 0.385. The molecule has 32 heavy (non-hydrogen) atoms. The number of carbonyl (C=O) groups is 1. The van der Waals surface area contributed by atoms with E-state index in [2.05, 4.69) is 23.7 Å². The van der Waals surface area contributed by atoms with E-state index in [1.807, 2.05) is 53.4 Å². The minimum atomic E-state index is -0.517. The molecule has 1 aliphatic rings. The van der Waals surface area contributed by atoms with E-state index in [4.69, 9.17) is 4.74 Å². The summed E-state index contributed by atoms with van der Waals surface area (Å²) in [6, 6.07) is 17.4. The number of phenolic OH excluding ortho intramolecular Hbond substituents is 1. The summed E-state index contributed by atoms with van der Waals surface area (Å²) >= 11 is 0. The van der Waals surface area contributed by atoms with E-state index < -0.39 is 6.10 Å². The molecule has 0 aliphatic carbocycles. The van der Waals surface area contributed by atoms with Gasteiger partial charge in [-0.1, -0.05) is 56.3 Å². The molecule has 1 N–H and O–H groups in total. The average molecular weight is 434 g/mol. The molecule has 3 aromatic rings. The number of aromatic nitrogens is 1. The standard InChI is InChI=1S/C26H31N3O3/c1-19(2)15-29(17-22-9-5-8-20-10-6-12-27-25(20)22)26(31)24-18-28(13-14-32-24)16-21-7-3-4-11-23(21)30/h3-12,19,24,30H,13-18H2,1-2H3/t24-/m1/s1. The van der Waals surface area contributed by atoms with Crippen molar-refractivity contribution in [3.63, 3.8) is 0 Å². The number of ether oxygens (including phenoxy) is 1. The number of aromatic hydroxyl groups is 1. The van der Waals surface area contributed by atoms with Gasteiger partial charge in [0, 0.05) is 49.9 Å². The van der Waals surface area contributed by atoms with Crippen LogP contribution in [0.4, 0.5) is 0 Å². The van der Waals surface area contributed by atoms with E-state index in [1.54, 1.807) is 12.3 Å². The van der Waals surface area contributed by atoms with Gasteiger partial charge >= 0.3 is 0 Å². The molecule has 0 saturated carbocycles. The zero-order valence-corrected chi connectivity index (χ0v) is 18.8. The fourth-order valence-corrected chi connectivity index (χ4v) is 4.26. The van der Waals surface area contributed by atoms with Gasteiger partial charge in [0.25, 0.3) is 5.91 Å². The van der Waals surface area contributed by atoms with Crippen molar-refractivity contribution in [2.45, 2.75) is 33.0 Å². The topological polar surface area (TPSA) is 65.9 Å². The summed E-state index contributed by atoms with van der Waals surface area (Å²) in [7, 11) is 0. The van der Waals surface area contributed by atoms with Crippen LogP contribution in [0.3, 0.4) is 0 Å². The number of para-hydroxylation sites is 2. The van der Waals surface area contributed by atoms with Crippen molar-refractivity contribution in [1.82, 2.24) is 14.8 Å². The molecular formula is C26H31N3O3. The number of benzene rings is 2. The number of nitrogens with zero attached hydrogens (tertiary/aromatic N) is 3. The van der Waals surface area contributed by atoms with Gasteiger partial charge in [0.1, 0.15) is 11.9 Å². The Bertz CT molecular complexity index is 1060. The second-order valence-electron chi connectivity index (χ2n) is 8.83. The van der Waals surface area contributed by atoms with E-state index in [1.165, 1.54) is 0 Å². The van der Waals surface area contributed by atoms with Gasteiger partial charge < -0.3 is 14.7 Å². The first-order valence-corrected chi connectivity index (χ1v) is 11.2. The number of rotatable bonds is 7. The third-order valence-corrected chi connectivity index (χ3v) is 5.79. The number of amides is 1. The summed E-state index contributed by atoms with van der Waals surface area (Å²) in [6.45, 7) is 7.73. The Kier molecular flexibility index (Phi) is 7.02. The molecule has 0 unspecified atom stereocenters. The number of pyridine rings is 1. The minimum Gasteiger partial charge on any atom is -0.508 e. The molecule has 168 valence electrons. The fourth-order valence-electron chi connectivity index (χ4n) is 4.26. The van der Waals surface area contributed by atoms with Gasteiger partial charge in [-0.25, -0.2) is 0 Å². The molecule has 0 radical (unpaired) electrons. The molecule has 1 amide bonds. The van der Waals surface area contributed by atoms with Crippen molar-refractivity contribution >= 4 is 16.8 Å². The molecule has 2 heterocycles. The predicted octanol–water partition coefficient (Wildman–Crippen LogP) is 3.83. The van der Waals surface area contributed by atoms with Crippen LogP contribution in [0, 0.1) is 5.92 Å². The first kappa shape index (κ1) is 22.2. The first-order chi connectivity index (χ1) is 15.5. The molecule has 1 saturated heterocycles. The second-order valence-corrected chi connectivity index (χ2v) is 8.83. The third kappa shape index (κ3) is 5.26. The smallest absolute Gasteiger partial charge is 0.253 e. The van der Waals surface area contributed by atoms with Crippen LogP contribution < -0.4 is 0 Å². The number of carbonyl (C=O) groups excluding carboxylic acids is 1. The second kappa shape index (κ2) is 10.1. The predicted molar refractivity (Wildman–Crippen MR) is 125 cm³/mol. The summed E-state index contributed by atoms with van der Waals surface area (Å²) in [5.74, 6) is 0.628. The van der Waals surface area contributed by atoms with E-state index in [0.717, 1.165) is 28.6 Å². The lowest BCUT2D eigenvalue weighted by Crippen LogP contribution is -2.51. The van der Waals surface area contributed by atoms with Crippen LogP contribution in [0.15, 0.2) is 60.8 Å². The molecule has 6 nitrogen and oxygen atoms in total. The molecular weight excluding hydrogens is 402 g/mol. The lowest BCUT2D eigenvalue weighted by molar-refractivity contribution is -0.151. The maximum atomic E-state index is 13.5. The van der Waals surface area contributed by atoms with Gasteiger partial charge in [0.2, 0.25) is 0 Å². The molecule has 2 aromatic carbocycles. The number of hydrogen-bond acceptors (Lipinski definition) is 5. The summed E-state index contributed by atoms with van der Waals surface area (Å²) < 4.78 is 5.91. The van der Waals surface area contributed by atoms with E-state index in [-0.39, 0.29) is 11.7 Å². The number of hydrogen-bond donors (Lipinski definition) is 1. The van der Waals surface area contributed by atoms with Crippen LogP contribution >= 0.6 is 0 Å². The zero-order chi connectivity index (χ0) is 22.5. The highest BCUT2D eigenvalue weighted by Crippen LogP contribution is 2.22. The summed E-state index contributed by atoms with van der Waals surface area (Å²) in [4.78, 5) is 22.2. The Hall–Kier alpha value is -2.96. The van der Waals surface area contributed by atoms with Gasteiger partial charge in [0.15, 0.2) is 0 Å². The number of phenols is 1. The Morgan fingerprint density at radius 1 is 1.16 bits per heavy atom. The largest absolute Gasteiger partial charge is 0.508 e. The summed E-state index contributed by atoms with van der Waals surface area (Å²) in [6.07, 6.45) is 1.28. The number of morpholine rings is 1. The average Bonchev–Trinajstić information content (AvgIpc) is 2.80. The Morgan fingerprint density at radius 3 is 2.75 bits per heavy atom. The molecule has 4 rings (SSSR count). The van der Waals surface area contributed by atoms with Crippen LogP contribution in [0.2, 0.25) is 0 Å². The van der Waals surface area contributed by atoms with Crippen LogP contribution in [0.5, 0.6) is 5.75 Å². The van der Waals surface area contributed by atoms with Crippen LogP contribution in [-0.4, -0.2) is 58.1 Å². The highest BCUT2D eigenvalue weighted by atomic mass is 16.5. The normalized spacial score (nSPS) is 17.0.